The fourth-order valence-electron chi connectivity index (χ4n) is 5.01. The highest BCUT2D eigenvalue weighted by Crippen LogP contribution is 2.27. The highest BCUT2D eigenvalue weighted by Gasteiger charge is 2.19. The van der Waals surface area contributed by atoms with Crippen molar-refractivity contribution in [1.82, 2.24) is 20.8 Å². The molecule has 0 saturated carbocycles. The summed E-state index contributed by atoms with van der Waals surface area (Å²) in [5, 5.41) is 5.44. The van der Waals surface area contributed by atoms with Crippen LogP contribution in [0.2, 0.25) is 0 Å². The molecule has 0 fully saturated rings. The normalized spacial score (nSPS) is 11.9. The summed E-state index contributed by atoms with van der Waals surface area (Å²) < 4.78 is 0. The van der Waals surface area contributed by atoms with E-state index in [1.54, 1.807) is 0 Å². The molecule has 3 N–H and O–H groups in total. The summed E-state index contributed by atoms with van der Waals surface area (Å²) in [6.45, 7) is 0.338. The predicted molar refractivity (Wildman–Crippen MR) is 162 cm³/mol. The molecule has 0 radical (unpaired) electrons. The third-order valence-corrected chi connectivity index (χ3v) is 7.21. The first kappa shape index (κ1) is 28.1. The third kappa shape index (κ3) is 8.02. The van der Waals surface area contributed by atoms with Gasteiger partial charge in [0.1, 0.15) is 5.82 Å². The van der Waals surface area contributed by atoms with Crippen molar-refractivity contribution in [3.63, 3.8) is 0 Å². The second kappa shape index (κ2) is 14.2. The zero-order chi connectivity index (χ0) is 28.3. The summed E-state index contributed by atoms with van der Waals surface area (Å²) in [6.07, 6.45) is 4.64. The van der Waals surface area contributed by atoms with Crippen LogP contribution in [0.3, 0.4) is 0 Å². The number of unbranched alkanes of at least 4 members (excludes halogenated alkanes) is 2. The number of hydroxylamine groups is 1. The molecule has 1 atom stereocenters. The summed E-state index contributed by atoms with van der Waals surface area (Å²) in [5.74, 6) is 0.631. The maximum atomic E-state index is 13.0. The minimum absolute atomic E-state index is 0.000824. The van der Waals surface area contributed by atoms with Crippen molar-refractivity contribution in [3.05, 3.63) is 114 Å². The molecule has 210 valence electrons. The molecule has 41 heavy (non-hydrogen) atoms. The van der Waals surface area contributed by atoms with E-state index in [0.29, 0.717) is 25.9 Å². The quantitative estimate of drug-likeness (QED) is 0.106. The molecule has 2 amide bonds. The number of H-pyrrole nitrogens is 1. The maximum absolute atomic E-state index is 13.0. The number of aromatic nitrogens is 2. The first-order valence-electron chi connectivity index (χ1n) is 14.3. The van der Waals surface area contributed by atoms with Crippen LogP contribution < -0.4 is 10.8 Å². The van der Waals surface area contributed by atoms with E-state index in [2.05, 4.69) is 34.0 Å². The van der Waals surface area contributed by atoms with Crippen molar-refractivity contribution in [2.24, 2.45) is 0 Å². The van der Waals surface area contributed by atoms with E-state index >= 15 is 0 Å². The first-order valence-corrected chi connectivity index (χ1v) is 14.3. The van der Waals surface area contributed by atoms with Gasteiger partial charge in [0.25, 0.3) is 0 Å². The molecule has 0 spiro atoms. The lowest BCUT2D eigenvalue weighted by molar-refractivity contribution is -0.134. The SMILES string of the molecule is O=C(CCCCC[C@H](NC(=O)CCc1ccccc1)c1nc2c(ccc3ccccc32)[nH]1)NOCc1ccccc1. The van der Waals surface area contributed by atoms with Crippen LogP contribution in [0.5, 0.6) is 0 Å². The van der Waals surface area contributed by atoms with Crippen LogP contribution in [0.1, 0.15) is 61.5 Å². The van der Waals surface area contributed by atoms with Crippen molar-refractivity contribution in [2.45, 2.75) is 57.6 Å². The van der Waals surface area contributed by atoms with Crippen LogP contribution in [0.15, 0.2) is 97.1 Å². The van der Waals surface area contributed by atoms with Gasteiger partial charge in [0, 0.05) is 18.2 Å². The van der Waals surface area contributed by atoms with Gasteiger partial charge in [0.2, 0.25) is 11.8 Å². The minimum atomic E-state index is -0.243. The Hall–Kier alpha value is -4.49. The van der Waals surface area contributed by atoms with Crippen molar-refractivity contribution in [3.8, 4) is 0 Å². The number of amides is 2. The molecular weight excluding hydrogens is 512 g/mol. The van der Waals surface area contributed by atoms with E-state index in [1.165, 1.54) is 0 Å². The standard InChI is InChI=1S/C34H36N4O3/c39-31(23-20-25-12-4-1-5-13-25)35-30(34-36-29-22-21-27-16-10-11-17-28(27)33(29)37-34)18-8-3-9-19-32(40)38-41-24-26-14-6-2-7-15-26/h1-2,4-7,10-17,21-22,30H,3,8-9,18-20,23-24H2,(H,35,39)(H,36,37)(H,38,40)/t30-/m0/s1. The van der Waals surface area contributed by atoms with Crippen LogP contribution in [-0.4, -0.2) is 21.8 Å². The lowest BCUT2D eigenvalue weighted by Crippen LogP contribution is -2.29. The Labute approximate surface area is 240 Å². The highest BCUT2D eigenvalue weighted by atomic mass is 16.6. The van der Waals surface area contributed by atoms with E-state index in [1.807, 2.05) is 78.9 Å². The molecule has 1 aromatic heterocycles. The average Bonchev–Trinajstić information content (AvgIpc) is 3.45. The van der Waals surface area contributed by atoms with Gasteiger partial charge in [0.15, 0.2) is 0 Å². The fraction of sp³-hybridized carbons (Fsp3) is 0.265. The Morgan fingerprint density at radius 2 is 1.49 bits per heavy atom. The van der Waals surface area contributed by atoms with Gasteiger partial charge >= 0.3 is 0 Å². The van der Waals surface area contributed by atoms with Gasteiger partial charge < -0.3 is 10.3 Å². The Bertz CT molecular complexity index is 1570. The molecule has 7 nitrogen and oxygen atoms in total. The monoisotopic (exact) mass is 548 g/mol. The molecule has 1 heterocycles. The number of benzene rings is 4. The van der Waals surface area contributed by atoms with Gasteiger partial charge in [0.05, 0.1) is 23.7 Å². The maximum Gasteiger partial charge on any atom is 0.243 e. The largest absolute Gasteiger partial charge is 0.346 e. The number of fused-ring (bicyclic) bond motifs is 3. The zero-order valence-electron chi connectivity index (χ0n) is 23.1. The van der Waals surface area contributed by atoms with Crippen LogP contribution in [-0.2, 0) is 27.5 Å². The number of imidazole rings is 1. The van der Waals surface area contributed by atoms with E-state index < -0.39 is 0 Å². The summed E-state index contributed by atoms with van der Waals surface area (Å²) in [7, 11) is 0. The zero-order valence-corrected chi connectivity index (χ0v) is 23.1. The first-order chi connectivity index (χ1) is 20.2. The molecule has 0 saturated heterocycles. The van der Waals surface area contributed by atoms with Crippen molar-refractivity contribution >= 4 is 33.6 Å². The molecule has 0 bridgehead atoms. The highest BCUT2D eigenvalue weighted by molar-refractivity contribution is 6.04. The molecule has 5 aromatic rings. The van der Waals surface area contributed by atoms with Gasteiger partial charge in [-0.05, 0) is 41.8 Å². The molecule has 7 heteroatoms. The Morgan fingerprint density at radius 1 is 0.756 bits per heavy atom. The van der Waals surface area contributed by atoms with Crippen LogP contribution >= 0.6 is 0 Å². The molecule has 0 aliphatic heterocycles. The Morgan fingerprint density at radius 3 is 2.29 bits per heavy atom. The molecule has 0 aliphatic carbocycles. The number of aryl methyl sites for hydroxylation is 1. The van der Waals surface area contributed by atoms with Gasteiger partial charge in [-0.3, -0.25) is 14.4 Å². The number of hydrogen-bond acceptors (Lipinski definition) is 4. The summed E-state index contributed by atoms with van der Waals surface area (Å²) in [5.41, 5.74) is 6.54. The predicted octanol–water partition coefficient (Wildman–Crippen LogP) is 6.70. The van der Waals surface area contributed by atoms with E-state index in [-0.39, 0.29) is 17.9 Å². The van der Waals surface area contributed by atoms with E-state index in [4.69, 9.17) is 9.82 Å². The molecule has 5 rings (SSSR count). The summed E-state index contributed by atoms with van der Waals surface area (Å²) >= 11 is 0. The van der Waals surface area contributed by atoms with Crippen molar-refractivity contribution in [2.75, 3.05) is 0 Å². The number of rotatable bonds is 14. The van der Waals surface area contributed by atoms with Gasteiger partial charge in [-0.1, -0.05) is 104 Å². The van der Waals surface area contributed by atoms with Gasteiger partial charge in [-0.15, -0.1) is 0 Å². The van der Waals surface area contributed by atoms with Crippen LogP contribution in [0.25, 0.3) is 21.8 Å². The minimum Gasteiger partial charge on any atom is -0.346 e. The molecular formula is C34H36N4O3. The fourth-order valence-corrected chi connectivity index (χ4v) is 5.01. The van der Waals surface area contributed by atoms with E-state index in [0.717, 1.165) is 64.4 Å². The number of carbonyl (C=O) groups excluding carboxylic acids is 2. The molecule has 0 unspecified atom stereocenters. The summed E-state index contributed by atoms with van der Waals surface area (Å²) in [6, 6.07) is 31.8. The van der Waals surface area contributed by atoms with Gasteiger partial charge in [-0.25, -0.2) is 10.5 Å². The number of aromatic amines is 1. The third-order valence-electron chi connectivity index (χ3n) is 7.21. The van der Waals surface area contributed by atoms with Crippen molar-refractivity contribution < 1.29 is 14.4 Å². The number of carbonyl (C=O) groups is 2. The van der Waals surface area contributed by atoms with Crippen LogP contribution in [0.4, 0.5) is 0 Å². The lowest BCUT2D eigenvalue weighted by atomic mass is 10.1. The second-order valence-electron chi connectivity index (χ2n) is 10.3. The van der Waals surface area contributed by atoms with Gasteiger partial charge in [-0.2, -0.15) is 0 Å². The second-order valence-corrected chi connectivity index (χ2v) is 10.3. The van der Waals surface area contributed by atoms with Crippen molar-refractivity contribution in [1.29, 1.82) is 0 Å². The Kier molecular flexibility index (Phi) is 9.74. The molecule has 4 aromatic carbocycles. The number of nitrogens with one attached hydrogen (secondary N) is 3. The number of hydrogen-bond donors (Lipinski definition) is 3. The Balaban J connectivity index is 1.16. The van der Waals surface area contributed by atoms with E-state index in [9.17, 15) is 9.59 Å². The smallest absolute Gasteiger partial charge is 0.243 e. The molecule has 0 aliphatic rings. The topological polar surface area (TPSA) is 96.1 Å². The average molecular weight is 549 g/mol. The lowest BCUT2D eigenvalue weighted by Gasteiger charge is -2.17. The number of nitrogens with zero attached hydrogens (tertiary/aromatic N) is 1. The summed E-state index contributed by atoms with van der Waals surface area (Å²) in [4.78, 5) is 38.9. The van der Waals surface area contributed by atoms with Crippen LogP contribution in [0, 0.1) is 0 Å².